The molecule has 1 unspecified atom stereocenters. The Hall–Kier alpha value is -1.26. The van der Waals surface area contributed by atoms with Gasteiger partial charge >= 0.3 is 12.0 Å². The first-order valence-corrected chi connectivity index (χ1v) is 5.67. The van der Waals surface area contributed by atoms with Crippen molar-refractivity contribution in [3.8, 4) is 0 Å². The van der Waals surface area contributed by atoms with E-state index < -0.39 is 5.97 Å². The van der Waals surface area contributed by atoms with Crippen LogP contribution in [0.1, 0.15) is 33.6 Å². The second-order valence-corrected chi connectivity index (χ2v) is 3.89. The summed E-state index contributed by atoms with van der Waals surface area (Å²) in [4.78, 5) is 25.6. The SMILES string of the molecule is CCC(C)N(CC)C(=O)N(C)CCC(=O)O. The van der Waals surface area contributed by atoms with Gasteiger partial charge in [0, 0.05) is 26.2 Å². The Morgan fingerprint density at radius 2 is 1.88 bits per heavy atom. The van der Waals surface area contributed by atoms with Gasteiger partial charge in [-0.05, 0) is 20.3 Å². The summed E-state index contributed by atoms with van der Waals surface area (Å²) in [6.07, 6.45) is 0.882. The second-order valence-electron chi connectivity index (χ2n) is 3.89. The molecule has 5 heteroatoms. The third-order valence-electron chi connectivity index (χ3n) is 2.70. The Kier molecular flexibility index (Phi) is 6.53. The highest BCUT2D eigenvalue weighted by Gasteiger charge is 2.20. The molecule has 16 heavy (non-hydrogen) atoms. The summed E-state index contributed by atoms with van der Waals surface area (Å²) in [5.41, 5.74) is 0. The van der Waals surface area contributed by atoms with E-state index in [0.29, 0.717) is 6.54 Å². The molecule has 0 aliphatic rings. The number of nitrogens with zero attached hydrogens (tertiary/aromatic N) is 2. The first-order valence-electron chi connectivity index (χ1n) is 5.67. The summed E-state index contributed by atoms with van der Waals surface area (Å²) in [6, 6.07) is 0.0860. The quantitative estimate of drug-likeness (QED) is 0.754. The van der Waals surface area contributed by atoms with Crippen molar-refractivity contribution in [2.24, 2.45) is 0 Å². The van der Waals surface area contributed by atoms with E-state index >= 15 is 0 Å². The van der Waals surface area contributed by atoms with E-state index in [1.807, 2.05) is 20.8 Å². The van der Waals surface area contributed by atoms with Gasteiger partial charge < -0.3 is 14.9 Å². The monoisotopic (exact) mass is 230 g/mol. The van der Waals surface area contributed by atoms with Gasteiger partial charge in [0.25, 0.3) is 0 Å². The third-order valence-corrected chi connectivity index (χ3v) is 2.70. The Balaban J connectivity index is 4.32. The summed E-state index contributed by atoms with van der Waals surface area (Å²) < 4.78 is 0. The summed E-state index contributed by atoms with van der Waals surface area (Å²) in [7, 11) is 1.64. The highest BCUT2D eigenvalue weighted by atomic mass is 16.4. The Labute approximate surface area is 97.0 Å². The van der Waals surface area contributed by atoms with Crippen molar-refractivity contribution in [2.75, 3.05) is 20.1 Å². The predicted octanol–water partition coefficient (Wildman–Crippen LogP) is 1.63. The highest BCUT2D eigenvalue weighted by Crippen LogP contribution is 2.06. The van der Waals surface area contributed by atoms with Gasteiger partial charge in [0.15, 0.2) is 0 Å². The Morgan fingerprint density at radius 3 is 2.25 bits per heavy atom. The minimum Gasteiger partial charge on any atom is -0.481 e. The van der Waals surface area contributed by atoms with E-state index in [0.717, 1.165) is 6.42 Å². The topological polar surface area (TPSA) is 60.9 Å². The van der Waals surface area contributed by atoms with E-state index in [1.165, 1.54) is 4.90 Å². The molecule has 1 atom stereocenters. The fraction of sp³-hybridized carbons (Fsp3) is 0.818. The largest absolute Gasteiger partial charge is 0.481 e. The van der Waals surface area contributed by atoms with Crippen LogP contribution >= 0.6 is 0 Å². The van der Waals surface area contributed by atoms with E-state index in [9.17, 15) is 9.59 Å². The number of carboxylic acids is 1. The number of urea groups is 1. The maximum Gasteiger partial charge on any atom is 0.319 e. The fourth-order valence-electron chi connectivity index (χ4n) is 1.43. The van der Waals surface area contributed by atoms with Crippen LogP contribution in [-0.2, 0) is 4.79 Å². The average Bonchev–Trinajstić information content (AvgIpc) is 2.26. The molecule has 0 radical (unpaired) electrons. The molecule has 0 saturated carbocycles. The minimum atomic E-state index is -0.883. The molecule has 1 N–H and O–H groups in total. The molecule has 0 aromatic heterocycles. The van der Waals surface area contributed by atoms with Crippen molar-refractivity contribution in [3.63, 3.8) is 0 Å². The molecular weight excluding hydrogens is 208 g/mol. The molecule has 0 fully saturated rings. The van der Waals surface area contributed by atoms with Crippen LogP contribution in [0.5, 0.6) is 0 Å². The number of carbonyl (C=O) groups excluding carboxylic acids is 1. The van der Waals surface area contributed by atoms with Gasteiger partial charge in [0.1, 0.15) is 0 Å². The summed E-state index contributed by atoms with van der Waals surface area (Å²) in [6.45, 7) is 6.84. The zero-order valence-electron chi connectivity index (χ0n) is 10.6. The van der Waals surface area contributed by atoms with Crippen molar-refractivity contribution < 1.29 is 14.7 Å². The minimum absolute atomic E-state index is 0.0136. The van der Waals surface area contributed by atoms with Gasteiger partial charge in [-0.1, -0.05) is 6.92 Å². The molecule has 0 rings (SSSR count). The van der Waals surface area contributed by atoms with Gasteiger partial charge in [0.05, 0.1) is 6.42 Å². The van der Waals surface area contributed by atoms with Crippen molar-refractivity contribution >= 4 is 12.0 Å². The van der Waals surface area contributed by atoms with E-state index in [1.54, 1.807) is 11.9 Å². The molecule has 2 amide bonds. The van der Waals surface area contributed by atoms with Crippen molar-refractivity contribution in [1.82, 2.24) is 9.80 Å². The van der Waals surface area contributed by atoms with Crippen molar-refractivity contribution in [3.05, 3.63) is 0 Å². The number of aliphatic carboxylic acids is 1. The fourth-order valence-corrected chi connectivity index (χ4v) is 1.43. The number of rotatable bonds is 6. The van der Waals surface area contributed by atoms with Crippen LogP contribution in [0.15, 0.2) is 0 Å². The summed E-state index contributed by atoms with van der Waals surface area (Å²) in [5.74, 6) is -0.883. The van der Waals surface area contributed by atoms with Crippen molar-refractivity contribution in [2.45, 2.75) is 39.7 Å². The van der Waals surface area contributed by atoms with Crippen LogP contribution in [0.25, 0.3) is 0 Å². The molecule has 94 valence electrons. The number of carbonyl (C=O) groups is 2. The van der Waals surface area contributed by atoms with Crippen LogP contribution in [0, 0.1) is 0 Å². The van der Waals surface area contributed by atoms with Gasteiger partial charge in [-0.15, -0.1) is 0 Å². The molecule has 0 spiro atoms. The van der Waals surface area contributed by atoms with Crippen LogP contribution in [-0.4, -0.2) is 53.1 Å². The molecule has 5 nitrogen and oxygen atoms in total. The maximum absolute atomic E-state index is 11.9. The summed E-state index contributed by atoms with van der Waals surface area (Å²) in [5, 5.41) is 8.54. The molecule has 0 saturated heterocycles. The first-order chi connectivity index (χ1) is 7.43. The smallest absolute Gasteiger partial charge is 0.319 e. The lowest BCUT2D eigenvalue weighted by atomic mass is 10.2. The van der Waals surface area contributed by atoms with Crippen molar-refractivity contribution in [1.29, 1.82) is 0 Å². The molecule has 0 aliphatic carbocycles. The average molecular weight is 230 g/mol. The van der Waals surface area contributed by atoms with E-state index in [4.69, 9.17) is 5.11 Å². The number of hydrogen-bond donors (Lipinski definition) is 1. The summed E-state index contributed by atoms with van der Waals surface area (Å²) >= 11 is 0. The van der Waals surface area contributed by atoms with Gasteiger partial charge in [-0.2, -0.15) is 0 Å². The van der Waals surface area contributed by atoms with E-state index in [-0.39, 0.29) is 25.0 Å². The number of carboxylic acid groups (broad SMARTS) is 1. The molecule has 0 aliphatic heterocycles. The first kappa shape index (κ1) is 14.7. The standard InChI is InChI=1S/C11H22N2O3/c1-5-9(3)13(6-2)11(16)12(4)8-7-10(14)15/h9H,5-8H2,1-4H3,(H,14,15). The van der Waals surface area contributed by atoms with Crippen LogP contribution < -0.4 is 0 Å². The lowest BCUT2D eigenvalue weighted by molar-refractivity contribution is -0.137. The van der Waals surface area contributed by atoms with Crippen LogP contribution in [0.4, 0.5) is 4.79 Å². The van der Waals surface area contributed by atoms with Gasteiger partial charge in [-0.3, -0.25) is 4.79 Å². The maximum atomic E-state index is 11.9. The second kappa shape index (κ2) is 7.09. The van der Waals surface area contributed by atoms with Crippen LogP contribution in [0.2, 0.25) is 0 Å². The molecule has 0 aromatic carbocycles. The lowest BCUT2D eigenvalue weighted by Crippen LogP contribution is -2.46. The highest BCUT2D eigenvalue weighted by molar-refractivity contribution is 5.75. The number of hydrogen-bond acceptors (Lipinski definition) is 2. The van der Waals surface area contributed by atoms with Gasteiger partial charge in [0.2, 0.25) is 0 Å². The van der Waals surface area contributed by atoms with Gasteiger partial charge in [-0.25, -0.2) is 4.79 Å². The Morgan fingerprint density at radius 1 is 1.31 bits per heavy atom. The Bertz CT molecular complexity index is 243. The normalized spacial score (nSPS) is 12.0. The predicted molar refractivity (Wildman–Crippen MR) is 62.4 cm³/mol. The molecule has 0 bridgehead atoms. The lowest BCUT2D eigenvalue weighted by Gasteiger charge is -2.31. The molecular formula is C11H22N2O3. The molecule has 0 heterocycles. The third kappa shape index (κ3) is 4.51. The molecule has 0 aromatic rings. The zero-order chi connectivity index (χ0) is 12.7. The van der Waals surface area contributed by atoms with E-state index in [2.05, 4.69) is 0 Å². The number of amides is 2. The van der Waals surface area contributed by atoms with Crippen LogP contribution in [0.3, 0.4) is 0 Å². The zero-order valence-corrected chi connectivity index (χ0v) is 10.6.